The first-order valence-electron chi connectivity index (χ1n) is 12.5. The number of carbonyl (C=O) groups excluding carboxylic acids is 2. The van der Waals surface area contributed by atoms with Crippen LogP contribution in [0, 0.1) is 6.92 Å². The van der Waals surface area contributed by atoms with Gasteiger partial charge in [-0.05, 0) is 76.0 Å². The van der Waals surface area contributed by atoms with Gasteiger partial charge in [0.15, 0.2) is 0 Å². The van der Waals surface area contributed by atoms with Gasteiger partial charge < -0.3 is 15.5 Å². The van der Waals surface area contributed by atoms with Crippen molar-refractivity contribution in [3.63, 3.8) is 0 Å². The van der Waals surface area contributed by atoms with E-state index in [1.807, 2.05) is 12.1 Å². The Balaban J connectivity index is 1.10. The van der Waals surface area contributed by atoms with Gasteiger partial charge in [0, 0.05) is 30.4 Å². The fraction of sp³-hybridized carbons (Fsp3) is 0.519. The molecular weight excluding hydrogens is 412 g/mol. The summed E-state index contributed by atoms with van der Waals surface area (Å²) in [7, 11) is 0. The molecule has 2 saturated heterocycles. The van der Waals surface area contributed by atoms with E-state index < -0.39 is 0 Å². The first-order valence-corrected chi connectivity index (χ1v) is 12.5. The van der Waals surface area contributed by atoms with E-state index in [1.165, 1.54) is 5.56 Å². The molecule has 0 spiro atoms. The summed E-state index contributed by atoms with van der Waals surface area (Å²) in [6.45, 7) is 2.08. The van der Waals surface area contributed by atoms with E-state index >= 15 is 0 Å². The van der Waals surface area contributed by atoms with E-state index in [2.05, 4.69) is 51.7 Å². The molecule has 1 unspecified atom stereocenters. The Morgan fingerprint density at radius 3 is 2.18 bits per heavy atom. The average molecular weight is 445 g/mol. The zero-order valence-electron chi connectivity index (χ0n) is 19.2. The lowest BCUT2D eigenvalue weighted by Crippen LogP contribution is -2.52. The molecule has 6 heteroatoms. The van der Waals surface area contributed by atoms with Gasteiger partial charge in [0.05, 0.1) is 11.0 Å². The van der Waals surface area contributed by atoms with Crippen LogP contribution in [0.25, 0.3) is 0 Å². The van der Waals surface area contributed by atoms with E-state index in [-0.39, 0.29) is 23.3 Å². The maximum absolute atomic E-state index is 13.3. The Morgan fingerprint density at radius 2 is 1.61 bits per heavy atom. The number of piperidine rings is 1. The smallest absolute Gasteiger partial charge is 0.253 e. The van der Waals surface area contributed by atoms with Crippen LogP contribution in [0.2, 0.25) is 0 Å². The molecule has 2 N–H and O–H groups in total. The molecule has 3 heterocycles. The SMILES string of the molecule is Cc1ccc(C2(C(=O)NC3C[C@H]4CC[C@@H](C3)N4c3ccc(C(=O)NC4CC4)cn3)CC2)cc1. The number of hydrogen-bond donors (Lipinski definition) is 2. The van der Waals surface area contributed by atoms with Crippen molar-refractivity contribution in [1.82, 2.24) is 15.6 Å². The van der Waals surface area contributed by atoms with Crippen LogP contribution in [0.4, 0.5) is 5.82 Å². The van der Waals surface area contributed by atoms with Crippen molar-refractivity contribution in [3.8, 4) is 0 Å². The molecule has 6 rings (SSSR count). The second-order valence-electron chi connectivity index (χ2n) is 10.5. The van der Waals surface area contributed by atoms with Crippen LogP contribution in [-0.4, -0.2) is 41.0 Å². The van der Waals surface area contributed by atoms with E-state index in [1.54, 1.807) is 6.20 Å². The molecule has 33 heavy (non-hydrogen) atoms. The van der Waals surface area contributed by atoms with Crippen LogP contribution in [0.5, 0.6) is 0 Å². The number of nitrogens with one attached hydrogen (secondary N) is 2. The first kappa shape index (κ1) is 20.7. The number of hydrogen-bond acceptors (Lipinski definition) is 4. The largest absolute Gasteiger partial charge is 0.352 e. The molecule has 6 nitrogen and oxygen atoms in total. The molecule has 2 aromatic rings. The maximum atomic E-state index is 13.3. The first-order chi connectivity index (χ1) is 16.0. The Labute approximate surface area is 195 Å². The van der Waals surface area contributed by atoms with Gasteiger partial charge in [-0.15, -0.1) is 0 Å². The van der Waals surface area contributed by atoms with Gasteiger partial charge in [0.2, 0.25) is 5.91 Å². The summed E-state index contributed by atoms with van der Waals surface area (Å²) in [6.07, 6.45) is 9.93. The van der Waals surface area contributed by atoms with Gasteiger partial charge in [-0.2, -0.15) is 0 Å². The van der Waals surface area contributed by atoms with E-state index in [0.717, 1.165) is 62.7 Å². The summed E-state index contributed by atoms with van der Waals surface area (Å²) < 4.78 is 0. The lowest BCUT2D eigenvalue weighted by Gasteiger charge is -2.40. The van der Waals surface area contributed by atoms with Crippen molar-refractivity contribution in [2.45, 2.75) is 87.9 Å². The van der Waals surface area contributed by atoms with Gasteiger partial charge in [-0.25, -0.2) is 4.98 Å². The molecule has 1 aromatic carbocycles. The number of benzene rings is 1. The number of carbonyl (C=O) groups is 2. The highest BCUT2D eigenvalue weighted by atomic mass is 16.2. The lowest BCUT2D eigenvalue weighted by atomic mass is 9.92. The molecule has 3 atom stereocenters. The molecule has 2 aliphatic carbocycles. The van der Waals surface area contributed by atoms with Crippen molar-refractivity contribution in [3.05, 3.63) is 59.3 Å². The third kappa shape index (κ3) is 3.90. The topological polar surface area (TPSA) is 74.3 Å². The minimum Gasteiger partial charge on any atom is -0.352 e. The van der Waals surface area contributed by atoms with E-state index in [9.17, 15) is 9.59 Å². The predicted octanol–water partition coefficient (Wildman–Crippen LogP) is 3.63. The van der Waals surface area contributed by atoms with Gasteiger partial charge in [-0.1, -0.05) is 29.8 Å². The molecule has 4 aliphatic rings. The summed E-state index contributed by atoms with van der Waals surface area (Å²) in [5, 5.41) is 6.44. The molecule has 2 bridgehead atoms. The summed E-state index contributed by atoms with van der Waals surface area (Å²) in [5.41, 5.74) is 2.69. The third-order valence-electron chi connectivity index (χ3n) is 8.04. The molecule has 2 saturated carbocycles. The summed E-state index contributed by atoms with van der Waals surface area (Å²) in [6, 6.07) is 13.7. The number of amides is 2. The third-order valence-corrected chi connectivity index (χ3v) is 8.04. The number of anilines is 1. The number of fused-ring (bicyclic) bond motifs is 2. The van der Waals surface area contributed by atoms with Crippen LogP contribution < -0.4 is 15.5 Å². The van der Waals surface area contributed by atoms with Crippen LogP contribution in [0.15, 0.2) is 42.6 Å². The zero-order chi connectivity index (χ0) is 22.6. The minimum atomic E-state index is -0.317. The average Bonchev–Trinajstić information content (AvgIpc) is 3.73. The van der Waals surface area contributed by atoms with Crippen LogP contribution >= 0.6 is 0 Å². The number of aromatic nitrogens is 1. The quantitative estimate of drug-likeness (QED) is 0.714. The van der Waals surface area contributed by atoms with Crippen LogP contribution in [0.1, 0.15) is 72.9 Å². The molecule has 2 amide bonds. The highest BCUT2D eigenvalue weighted by molar-refractivity contribution is 5.94. The second kappa shape index (κ2) is 7.86. The molecule has 4 fully saturated rings. The molecular formula is C27H32N4O2. The second-order valence-corrected chi connectivity index (χ2v) is 10.5. The number of nitrogens with zero attached hydrogens (tertiary/aromatic N) is 2. The Hall–Kier alpha value is -2.89. The van der Waals surface area contributed by atoms with Gasteiger partial charge >= 0.3 is 0 Å². The molecule has 1 aromatic heterocycles. The monoisotopic (exact) mass is 444 g/mol. The predicted molar refractivity (Wildman–Crippen MR) is 127 cm³/mol. The Kier molecular flexibility index (Phi) is 4.93. The molecule has 2 aliphatic heterocycles. The minimum absolute atomic E-state index is 0.0245. The van der Waals surface area contributed by atoms with Crippen molar-refractivity contribution in [2.24, 2.45) is 0 Å². The Morgan fingerprint density at radius 1 is 0.909 bits per heavy atom. The lowest BCUT2D eigenvalue weighted by molar-refractivity contribution is -0.124. The highest BCUT2D eigenvalue weighted by Crippen LogP contribution is 2.49. The number of rotatable bonds is 6. The Bertz CT molecular complexity index is 1040. The van der Waals surface area contributed by atoms with Gasteiger partial charge in [0.1, 0.15) is 5.82 Å². The van der Waals surface area contributed by atoms with Crippen molar-refractivity contribution >= 4 is 17.6 Å². The summed E-state index contributed by atoms with van der Waals surface area (Å²) in [5.74, 6) is 1.13. The zero-order valence-corrected chi connectivity index (χ0v) is 19.2. The standard InChI is InChI=1S/C27H32N4O2/c1-17-2-5-19(6-3-17)27(12-13-27)26(33)30-21-14-22-9-10-23(15-21)31(22)24-11-4-18(16-28-24)25(32)29-20-7-8-20/h2-6,11,16,20-23H,7-10,12-15H2,1H3,(H,29,32)(H,30,33)/t21?,22-,23+. The summed E-state index contributed by atoms with van der Waals surface area (Å²) in [4.78, 5) is 32.6. The maximum Gasteiger partial charge on any atom is 0.253 e. The van der Waals surface area contributed by atoms with Crippen molar-refractivity contribution in [1.29, 1.82) is 0 Å². The normalized spacial score (nSPS) is 27.2. The highest BCUT2D eigenvalue weighted by Gasteiger charge is 2.52. The fourth-order valence-corrected chi connectivity index (χ4v) is 5.81. The fourth-order valence-electron chi connectivity index (χ4n) is 5.81. The van der Waals surface area contributed by atoms with Crippen LogP contribution in [0.3, 0.4) is 0 Å². The number of aryl methyl sites for hydroxylation is 1. The van der Waals surface area contributed by atoms with Gasteiger partial charge in [0.25, 0.3) is 5.91 Å². The summed E-state index contributed by atoms with van der Waals surface area (Å²) >= 11 is 0. The van der Waals surface area contributed by atoms with E-state index in [0.29, 0.717) is 23.7 Å². The van der Waals surface area contributed by atoms with Crippen molar-refractivity contribution in [2.75, 3.05) is 4.90 Å². The molecule has 0 radical (unpaired) electrons. The molecule has 172 valence electrons. The number of pyridine rings is 1. The van der Waals surface area contributed by atoms with E-state index in [4.69, 9.17) is 0 Å². The van der Waals surface area contributed by atoms with Crippen LogP contribution in [-0.2, 0) is 10.2 Å². The van der Waals surface area contributed by atoms with Gasteiger partial charge in [-0.3, -0.25) is 9.59 Å². The van der Waals surface area contributed by atoms with Crippen molar-refractivity contribution < 1.29 is 9.59 Å².